The number of nitrogens with zero attached hydrogens (tertiary/aromatic N) is 5. The van der Waals surface area contributed by atoms with Crippen molar-refractivity contribution in [2.24, 2.45) is 9.98 Å². The summed E-state index contributed by atoms with van der Waals surface area (Å²) >= 11 is 0. The van der Waals surface area contributed by atoms with E-state index >= 15 is 0 Å². The van der Waals surface area contributed by atoms with Crippen molar-refractivity contribution in [2.75, 3.05) is 39.3 Å². The van der Waals surface area contributed by atoms with Crippen LogP contribution in [-0.4, -0.2) is 116 Å². The Morgan fingerprint density at radius 1 is 0.724 bits per heavy atom. The molecule has 2 unspecified atom stereocenters. The molecule has 0 saturated heterocycles. The topological polar surface area (TPSA) is 149 Å². The maximum absolute atomic E-state index is 11.7. The number of aromatic hydroxyl groups is 2. The zero-order valence-corrected chi connectivity index (χ0v) is 37.7. The number of phenols is 2. The van der Waals surface area contributed by atoms with Gasteiger partial charge in [0.05, 0.1) is 51.4 Å². The van der Waals surface area contributed by atoms with Gasteiger partial charge in [0.2, 0.25) is 0 Å². The van der Waals surface area contributed by atoms with Crippen LogP contribution in [0.5, 0.6) is 11.5 Å². The molecule has 4 N–H and O–H groups in total. The van der Waals surface area contributed by atoms with Crippen LogP contribution < -0.4 is 0 Å². The number of aliphatic carboxylic acids is 2. The molecule has 1 saturated carbocycles. The minimum Gasteiger partial charge on any atom is -0.507 e. The smallest absolute Gasteiger partial charge is 0.414 e. The van der Waals surface area contributed by atoms with Crippen LogP contribution >= 0.6 is 0 Å². The number of hydrogen-bond donors (Lipinski definition) is 4. The molecule has 1 radical (unpaired) electrons. The second kappa shape index (κ2) is 20.4. The first-order valence-electron chi connectivity index (χ1n) is 21.0. The Kier molecular flexibility index (Phi) is 17.0. The summed E-state index contributed by atoms with van der Waals surface area (Å²) in [7, 11) is 0. The number of rotatable bonds is 9. The van der Waals surface area contributed by atoms with Crippen molar-refractivity contribution in [1.29, 1.82) is 0 Å². The van der Waals surface area contributed by atoms with Gasteiger partial charge in [-0.25, -0.2) is 9.59 Å². The summed E-state index contributed by atoms with van der Waals surface area (Å²) in [5.41, 5.74) is 5.69. The maximum Gasteiger partial charge on any atom is 0.414 e. The SMILES string of the molecule is CCN1CCC[N+]2=C1N(CCCc1cc(C(C)(C)C)cc(C=NC3CCCCC3N=Cc3cc(C(C)(C)C)cc(C(C)(C)C)c3O)c1O)CCC2.O=C(O)C(=O)O.[Co]. The predicted octanol–water partition coefficient (Wildman–Crippen LogP) is 7.73. The predicted molar refractivity (Wildman–Crippen MR) is 230 cm³/mol. The van der Waals surface area contributed by atoms with E-state index in [4.69, 9.17) is 29.8 Å². The first-order valence-corrected chi connectivity index (χ1v) is 21.0. The fraction of sp³-hybridized carbons (Fsp3) is 0.630. The third kappa shape index (κ3) is 12.8. The van der Waals surface area contributed by atoms with Crippen molar-refractivity contribution < 1.29 is 51.4 Å². The zero-order chi connectivity index (χ0) is 42.3. The van der Waals surface area contributed by atoms with Crippen LogP contribution in [0.4, 0.5) is 0 Å². The van der Waals surface area contributed by atoms with Crippen molar-refractivity contribution in [3.8, 4) is 11.5 Å². The molecule has 2 heterocycles. The molecule has 323 valence electrons. The van der Waals surface area contributed by atoms with Crippen LogP contribution in [0.3, 0.4) is 0 Å². The third-order valence-corrected chi connectivity index (χ3v) is 11.4. The number of carboxylic acids is 2. The molecule has 2 aliphatic heterocycles. The number of phenolic OH excluding ortho intramolecular Hbond substituents is 2. The van der Waals surface area contributed by atoms with Gasteiger partial charge in [0, 0.05) is 58.7 Å². The van der Waals surface area contributed by atoms with Gasteiger partial charge >= 0.3 is 17.9 Å². The Morgan fingerprint density at radius 2 is 1.21 bits per heavy atom. The van der Waals surface area contributed by atoms with Crippen LogP contribution in [0.2, 0.25) is 0 Å². The van der Waals surface area contributed by atoms with Crippen LogP contribution in [0.1, 0.15) is 148 Å². The van der Waals surface area contributed by atoms with Crippen molar-refractivity contribution >= 4 is 30.3 Å². The van der Waals surface area contributed by atoms with E-state index in [0.29, 0.717) is 11.5 Å². The Balaban J connectivity index is 0.00000119. The molecule has 0 bridgehead atoms. The standard InChI is InChI=1S/C44H67N5O2.C2H2O4.Co/c1-11-47-21-15-22-49-24-16-23-48(41(47)49)20-14-17-31-25-34(42(2,3)4)26-32(39(31)50)29-45-37-18-12-13-19-38(37)46-30-33-27-35(43(5,6)7)28-36(40(33)51)44(8,9)10;3-1(4)2(5)6;/h25-30,37-38H,11-24H2,1-10H3,(H-,45,46,50,51);(H,3,4)(H,5,6);/p+1. The van der Waals surface area contributed by atoms with E-state index in [1.165, 1.54) is 29.9 Å². The molecule has 0 spiro atoms. The van der Waals surface area contributed by atoms with Gasteiger partial charge in [-0.15, -0.1) is 0 Å². The average Bonchev–Trinajstić information content (AvgIpc) is 3.13. The summed E-state index contributed by atoms with van der Waals surface area (Å²) in [6.45, 7) is 28.7. The first-order chi connectivity index (χ1) is 26.6. The molecule has 2 atom stereocenters. The minimum absolute atomic E-state index is 0. The van der Waals surface area contributed by atoms with Gasteiger partial charge in [-0.05, 0) is 77.7 Å². The van der Waals surface area contributed by atoms with E-state index < -0.39 is 11.9 Å². The number of benzene rings is 2. The Morgan fingerprint density at radius 3 is 1.67 bits per heavy atom. The van der Waals surface area contributed by atoms with E-state index in [-0.39, 0.29) is 45.1 Å². The summed E-state index contributed by atoms with van der Waals surface area (Å²) in [5.74, 6) is -1.54. The fourth-order valence-corrected chi connectivity index (χ4v) is 7.98. The summed E-state index contributed by atoms with van der Waals surface area (Å²) in [5, 5.41) is 37.8. The third-order valence-electron chi connectivity index (χ3n) is 11.4. The number of carbonyl (C=O) groups is 2. The van der Waals surface area contributed by atoms with Gasteiger partial charge in [0.25, 0.3) is 0 Å². The van der Waals surface area contributed by atoms with Gasteiger partial charge in [-0.1, -0.05) is 87.3 Å². The van der Waals surface area contributed by atoms with Crippen molar-refractivity contribution in [3.05, 3.63) is 57.6 Å². The van der Waals surface area contributed by atoms with E-state index in [0.717, 1.165) is 100 Å². The van der Waals surface area contributed by atoms with Crippen molar-refractivity contribution in [1.82, 2.24) is 9.80 Å². The number of carboxylic acid groups (broad SMARTS) is 2. The van der Waals surface area contributed by atoms with Gasteiger partial charge in [0.15, 0.2) is 0 Å². The van der Waals surface area contributed by atoms with Crippen LogP contribution in [-0.2, 0) is 49.0 Å². The van der Waals surface area contributed by atoms with Gasteiger partial charge in [-0.2, -0.15) is 0 Å². The molecular weight excluding hydrogens is 777 g/mol. The Bertz CT molecular complexity index is 1820. The second-order valence-corrected chi connectivity index (χ2v) is 19.0. The van der Waals surface area contributed by atoms with Crippen molar-refractivity contribution in [2.45, 2.75) is 149 Å². The van der Waals surface area contributed by atoms with Crippen LogP contribution in [0.15, 0.2) is 34.3 Å². The Labute approximate surface area is 357 Å². The van der Waals surface area contributed by atoms with Gasteiger partial charge in [0.1, 0.15) is 11.5 Å². The Hall–Kier alpha value is -3.90. The molecule has 0 amide bonds. The van der Waals surface area contributed by atoms with Crippen LogP contribution in [0.25, 0.3) is 0 Å². The van der Waals surface area contributed by atoms with Crippen LogP contribution in [0, 0.1) is 0 Å². The van der Waals surface area contributed by atoms with Crippen molar-refractivity contribution in [3.63, 3.8) is 0 Å². The minimum atomic E-state index is -1.82. The number of hydrogen-bond acceptors (Lipinski definition) is 8. The molecule has 2 aromatic rings. The quantitative estimate of drug-likeness (QED) is 0.114. The molecule has 11 nitrogen and oxygen atoms in total. The van der Waals surface area contributed by atoms with E-state index in [9.17, 15) is 10.2 Å². The molecular formula is C46H70CoN5O6+. The second-order valence-electron chi connectivity index (χ2n) is 19.0. The fourth-order valence-electron chi connectivity index (χ4n) is 7.98. The van der Waals surface area contributed by atoms with E-state index in [1.807, 2.05) is 12.4 Å². The monoisotopic (exact) mass is 847 g/mol. The zero-order valence-electron chi connectivity index (χ0n) is 36.7. The molecule has 2 aromatic carbocycles. The largest absolute Gasteiger partial charge is 0.507 e. The van der Waals surface area contributed by atoms with Gasteiger partial charge < -0.3 is 20.4 Å². The summed E-state index contributed by atoms with van der Waals surface area (Å²) in [6, 6.07) is 8.67. The number of aryl methyl sites for hydroxylation is 1. The molecule has 12 heteroatoms. The average molecular weight is 848 g/mol. The summed E-state index contributed by atoms with van der Waals surface area (Å²) < 4.78 is 2.58. The number of guanidine groups is 1. The first kappa shape index (κ1) is 48.5. The molecule has 58 heavy (non-hydrogen) atoms. The molecule has 1 aliphatic carbocycles. The summed E-state index contributed by atoms with van der Waals surface area (Å²) in [4.78, 5) is 33.6. The maximum atomic E-state index is 11.7. The molecule has 1 fully saturated rings. The normalized spacial score (nSPS) is 19.1. The van der Waals surface area contributed by atoms with Gasteiger partial charge in [-0.3, -0.25) is 24.4 Å². The van der Waals surface area contributed by atoms with E-state index in [2.05, 4.69) is 108 Å². The molecule has 3 aliphatic rings. The van der Waals surface area contributed by atoms with E-state index in [1.54, 1.807) is 0 Å². The summed E-state index contributed by atoms with van der Waals surface area (Å²) in [6.07, 6.45) is 12.2. The number of aliphatic imine (C=N–C) groups is 2. The molecule has 5 rings (SSSR count). The molecule has 0 aromatic heterocycles.